The van der Waals surface area contributed by atoms with E-state index in [4.69, 9.17) is 0 Å². The molecule has 7 heteroatoms. The predicted octanol–water partition coefficient (Wildman–Crippen LogP) is 4.10. The lowest BCUT2D eigenvalue weighted by atomic mass is 10.00. The summed E-state index contributed by atoms with van der Waals surface area (Å²) < 4.78 is 0. The summed E-state index contributed by atoms with van der Waals surface area (Å²) in [5.74, 6) is -0.361. The third-order valence-electron chi connectivity index (χ3n) is 5.87. The number of nitrogens with zero attached hydrogens (tertiary/aromatic N) is 1. The number of carbonyl (C=O) groups is 4. The Kier molecular flexibility index (Phi) is 10.6. The van der Waals surface area contributed by atoms with Crippen LogP contribution >= 0.6 is 0 Å². The molecule has 0 spiro atoms. The average Bonchev–Trinajstić information content (AvgIpc) is 2.79. The molecule has 1 fully saturated rings. The van der Waals surface area contributed by atoms with E-state index in [1.54, 1.807) is 19.2 Å². The second-order valence-corrected chi connectivity index (χ2v) is 8.32. The molecular formula is C25H35N3O4. The average molecular weight is 442 g/mol. The summed E-state index contributed by atoms with van der Waals surface area (Å²) in [5, 5.41) is 6.01. The highest BCUT2D eigenvalue weighted by Gasteiger charge is 2.29. The Morgan fingerprint density at radius 2 is 1.84 bits per heavy atom. The van der Waals surface area contributed by atoms with Gasteiger partial charge in [-0.2, -0.15) is 0 Å². The van der Waals surface area contributed by atoms with Crippen LogP contribution in [0.25, 0.3) is 0 Å². The van der Waals surface area contributed by atoms with Crippen molar-refractivity contribution in [2.75, 3.05) is 18.9 Å². The van der Waals surface area contributed by atoms with Crippen LogP contribution < -0.4 is 10.6 Å². The molecule has 174 valence electrons. The Bertz CT molecular complexity index is 821. The Balaban J connectivity index is 1.81. The molecule has 0 aromatic heterocycles. The van der Waals surface area contributed by atoms with Crippen molar-refractivity contribution >= 4 is 30.1 Å². The minimum atomic E-state index is -0.289. The number of anilines is 1. The first-order chi connectivity index (χ1) is 15.5. The van der Waals surface area contributed by atoms with Crippen molar-refractivity contribution in [3.8, 4) is 0 Å². The summed E-state index contributed by atoms with van der Waals surface area (Å²) in [7, 11) is 1.67. The quantitative estimate of drug-likeness (QED) is 0.335. The molecule has 1 unspecified atom stereocenters. The molecule has 2 amide bonds. The first kappa shape index (κ1) is 25.3. The highest BCUT2D eigenvalue weighted by Crippen LogP contribution is 2.22. The van der Waals surface area contributed by atoms with Gasteiger partial charge in [-0.25, -0.2) is 0 Å². The van der Waals surface area contributed by atoms with Crippen LogP contribution in [0.3, 0.4) is 0 Å². The lowest BCUT2D eigenvalue weighted by Gasteiger charge is -2.33. The minimum absolute atomic E-state index is 0.0919. The van der Waals surface area contributed by atoms with Crippen LogP contribution in [0.5, 0.6) is 0 Å². The molecule has 32 heavy (non-hydrogen) atoms. The Hall–Kier alpha value is -2.96. The van der Waals surface area contributed by atoms with Crippen molar-refractivity contribution in [2.45, 2.75) is 70.3 Å². The van der Waals surface area contributed by atoms with Crippen molar-refractivity contribution in [2.24, 2.45) is 0 Å². The second-order valence-electron chi connectivity index (χ2n) is 8.32. The van der Waals surface area contributed by atoms with Crippen LogP contribution in [-0.4, -0.2) is 48.9 Å². The minimum Gasteiger partial charge on any atom is -0.385 e. The van der Waals surface area contributed by atoms with Gasteiger partial charge in [0.25, 0.3) is 5.91 Å². The fourth-order valence-corrected chi connectivity index (χ4v) is 3.96. The van der Waals surface area contributed by atoms with Crippen molar-refractivity contribution in [3.63, 3.8) is 0 Å². The number of hydrogen-bond acceptors (Lipinski definition) is 5. The Labute approximate surface area is 190 Å². The van der Waals surface area contributed by atoms with Crippen molar-refractivity contribution < 1.29 is 19.2 Å². The van der Waals surface area contributed by atoms with Gasteiger partial charge in [0, 0.05) is 43.4 Å². The summed E-state index contributed by atoms with van der Waals surface area (Å²) in [6, 6.07) is 4.91. The number of rotatable bonds is 14. The van der Waals surface area contributed by atoms with Crippen LogP contribution in [0.2, 0.25) is 0 Å². The molecule has 7 nitrogen and oxygen atoms in total. The van der Waals surface area contributed by atoms with E-state index in [0.717, 1.165) is 44.2 Å². The molecule has 0 radical (unpaired) electrons. The molecule has 2 rings (SSSR count). The van der Waals surface area contributed by atoms with Gasteiger partial charge in [0.05, 0.1) is 11.6 Å². The van der Waals surface area contributed by atoms with Crippen LogP contribution in [0, 0.1) is 0 Å². The van der Waals surface area contributed by atoms with E-state index in [9.17, 15) is 19.2 Å². The summed E-state index contributed by atoms with van der Waals surface area (Å²) in [4.78, 5) is 47.9. The van der Waals surface area contributed by atoms with Crippen LogP contribution in [0.4, 0.5) is 5.69 Å². The summed E-state index contributed by atoms with van der Waals surface area (Å²) in [5.41, 5.74) is 2.00. The Morgan fingerprint density at radius 3 is 2.50 bits per heavy atom. The van der Waals surface area contributed by atoms with E-state index in [1.807, 2.05) is 6.07 Å². The fraction of sp³-hybridized carbons (Fsp3) is 0.520. The lowest BCUT2D eigenvalue weighted by molar-refractivity contribution is -0.121. The number of unbranched alkanes of at least 4 members (excludes halogenated alkanes) is 7. The van der Waals surface area contributed by atoms with Crippen LogP contribution in [-0.2, 0) is 9.59 Å². The molecular weight excluding hydrogens is 406 g/mol. The number of amides is 2. The molecule has 1 atom stereocenters. The zero-order valence-electron chi connectivity index (χ0n) is 19.0. The van der Waals surface area contributed by atoms with Gasteiger partial charge in [0.1, 0.15) is 6.29 Å². The summed E-state index contributed by atoms with van der Waals surface area (Å²) in [6.45, 7) is 4.66. The lowest BCUT2D eigenvalue weighted by Crippen LogP contribution is -2.46. The molecule has 0 aliphatic carbocycles. The van der Waals surface area contributed by atoms with Gasteiger partial charge in [0.2, 0.25) is 5.91 Å². The maximum atomic E-state index is 13.0. The van der Waals surface area contributed by atoms with Gasteiger partial charge in [-0.3, -0.25) is 14.4 Å². The molecule has 1 aromatic rings. The predicted molar refractivity (Wildman–Crippen MR) is 126 cm³/mol. The van der Waals surface area contributed by atoms with Gasteiger partial charge in [-0.1, -0.05) is 38.7 Å². The summed E-state index contributed by atoms with van der Waals surface area (Å²) >= 11 is 0. The molecule has 1 aliphatic heterocycles. The van der Waals surface area contributed by atoms with E-state index in [1.165, 1.54) is 24.2 Å². The van der Waals surface area contributed by atoms with Gasteiger partial charge in [-0.15, -0.1) is 0 Å². The van der Waals surface area contributed by atoms with E-state index < -0.39 is 0 Å². The second kappa shape index (κ2) is 13.5. The number of aldehydes is 2. The van der Waals surface area contributed by atoms with E-state index >= 15 is 0 Å². The monoisotopic (exact) mass is 441 g/mol. The number of likely N-dealkylation sites (N-methyl/N-ethyl adjacent to an activating group) is 1. The normalized spacial score (nSPS) is 15.7. The molecule has 1 heterocycles. The van der Waals surface area contributed by atoms with Gasteiger partial charge in [-0.05, 0) is 37.5 Å². The van der Waals surface area contributed by atoms with Crippen LogP contribution in [0.15, 0.2) is 30.5 Å². The number of nitrogens with one attached hydrogen (secondary N) is 2. The van der Waals surface area contributed by atoms with Crippen molar-refractivity contribution in [3.05, 3.63) is 41.6 Å². The van der Waals surface area contributed by atoms with E-state index in [0.29, 0.717) is 42.4 Å². The van der Waals surface area contributed by atoms with Crippen molar-refractivity contribution in [1.82, 2.24) is 10.2 Å². The van der Waals surface area contributed by atoms with E-state index in [2.05, 4.69) is 17.2 Å². The third-order valence-corrected chi connectivity index (χ3v) is 5.87. The zero-order chi connectivity index (χ0) is 23.3. The smallest absolute Gasteiger partial charge is 0.254 e. The highest BCUT2D eigenvalue weighted by atomic mass is 16.2. The number of benzene rings is 1. The number of piperidine rings is 1. The van der Waals surface area contributed by atoms with Gasteiger partial charge >= 0.3 is 0 Å². The molecule has 1 saturated heterocycles. The first-order valence-electron chi connectivity index (χ1n) is 11.5. The third kappa shape index (κ3) is 7.62. The van der Waals surface area contributed by atoms with E-state index in [-0.39, 0.29) is 17.9 Å². The summed E-state index contributed by atoms with van der Waals surface area (Å²) in [6.07, 6.45) is 11.0. The molecule has 0 saturated carbocycles. The first-order valence-corrected chi connectivity index (χ1v) is 11.5. The Morgan fingerprint density at radius 1 is 1.16 bits per heavy atom. The topological polar surface area (TPSA) is 95.6 Å². The number of hydrogen-bond donors (Lipinski definition) is 2. The van der Waals surface area contributed by atoms with Crippen molar-refractivity contribution in [1.29, 1.82) is 0 Å². The van der Waals surface area contributed by atoms with Crippen LogP contribution in [0.1, 0.15) is 84.9 Å². The SMILES string of the molecule is C=C1NC(=O)CCC1N(C)C(=O)c1ccc(NCCCCCCCCCC=O)cc1C=O. The molecule has 1 aliphatic rings. The molecule has 2 N–H and O–H groups in total. The molecule has 0 bridgehead atoms. The fourth-order valence-electron chi connectivity index (χ4n) is 3.96. The maximum Gasteiger partial charge on any atom is 0.254 e. The highest BCUT2D eigenvalue weighted by molar-refractivity contribution is 6.02. The number of carbonyl (C=O) groups excluding carboxylic acids is 4. The standard InChI is InChI=1S/C25H35N3O4/c1-19-23(13-14-24(31)27-19)28(2)25(32)22-12-11-21(17-20(22)18-30)26-15-9-7-5-3-4-6-8-10-16-29/h11-12,16-18,23,26H,1,3-10,13-15H2,2H3,(H,27,31). The molecule has 1 aromatic carbocycles. The largest absolute Gasteiger partial charge is 0.385 e. The van der Waals surface area contributed by atoms with Gasteiger partial charge in [0.15, 0.2) is 6.29 Å². The van der Waals surface area contributed by atoms with Gasteiger partial charge < -0.3 is 20.3 Å². The maximum absolute atomic E-state index is 13.0. The zero-order valence-corrected chi connectivity index (χ0v) is 19.0.